The molecule has 0 radical (unpaired) electrons. The molecule has 4 rings (SSSR count). The molecule has 0 aliphatic carbocycles. The van der Waals surface area contributed by atoms with Gasteiger partial charge in [-0.1, -0.05) is 12.1 Å². The molecule has 1 aromatic carbocycles. The second-order valence-electron chi connectivity index (χ2n) is 7.42. The zero-order chi connectivity index (χ0) is 21.6. The number of H-pyrrole nitrogens is 1. The Kier molecular flexibility index (Phi) is 6.37. The molecule has 10 heteroatoms. The molecule has 1 saturated heterocycles. The molecular weight excluding hydrogens is 398 g/mol. The van der Waals surface area contributed by atoms with E-state index in [-0.39, 0.29) is 30.0 Å². The molecule has 1 amide bonds. The van der Waals surface area contributed by atoms with Gasteiger partial charge < -0.3 is 10.2 Å². The predicted molar refractivity (Wildman–Crippen MR) is 117 cm³/mol. The minimum Gasteiger partial charge on any atom is -0.355 e. The summed E-state index contributed by atoms with van der Waals surface area (Å²) in [6.07, 6.45) is 3.60. The van der Waals surface area contributed by atoms with E-state index in [9.17, 15) is 14.4 Å². The summed E-state index contributed by atoms with van der Waals surface area (Å²) in [7, 11) is 0. The van der Waals surface area contributed by atoms with E-state index in [2.05, 4.69) is 30.2 Å². The topological polar surface area (TPSA) is 116 Å². The largest absolute Gasteiger partial charge is 0.355 e. The van der Waals surface area contributed by atoms with Crippen LogP contribution in [0.15, 0.2) is 52.3 Å². The highest BCUT2D eigenvalue weighted by atomic mass is 16.2. The van der Waals surface area contributed by atoms with Crippen molar-refractivity contribution in [2.45, 2.75) is 13.0 Å². The molecule has 3 heterocycles. The molecule has 31 heavy (non-hydrogen) atoms. The van der Waals surface area contributed by atoms with Crippen LogP contribution in [-0.2, 0) is 11.3 Å². The van der Waals surface area contributed by atoms with Gasteiger partial charge in [0.15, 0.2) is 0 Å². The van der Waals surface area contributed by atoms with Gasteiger partial charge in [-0.05, 0) is 18.2 Å². The van der Waals surface area contributed by atoms with E-state index in [1.807, 2.05) is 0 Å². The zero-order valence-corrected chi connectivity index (χ0v) is 17.2. The number of aryl methyl sites for hydroxylation is 1. The standard InChI is InChI=1S/C21H25N7O3/c29-18(6-10-28-20(31)17-5-2-1-4-16(17)19(30)25-28)22-9-11-26-12-14-27(15-13-26)21-23-7-3-8-24-21/h1-5,7-8H,6,9-15H2,(H,22,29)(H,25,30). The van der Waals surface area contributed by atoms with Crippen molar-refractivity contribution in [2.24, 2.45) is 0 Å². The van der Waals surface area contributed by atoms with Gasteiger partial charge in [0.1, 0.15) is 0 Å². The molecule has 0 atom stereocenters. The average molecular weight is 423 g/mol. The van der Waals surface area contributed by atoms with Crippen LogP contribution in [0, 0.1) is 0 Å². The molecule has 0 saturated carbocycles. The number of carbonyl (C=O) groups excluding carboxylic acids is 1. The number of hydrogen-bond acceptors (Lipinski definition) is 7. The first kappa shape index (κ1) is 20.7. The Morgan fingerprint density at radius 1 is 0.968 bits per heavy atom. The molecule has 10 nitrogen and oxygen atoms in total. The minimum absolute atomic E-state index is 0.118. The van der Waals surface area contributed by atoms with Crippen molar-refractivity contribution < 1.29 is 4.79 Å². The summed E-state index contributed by atoms with van der Waals surface area (Å²) in [4.78, 5) is 49.8. The Balaban J connectivity index is 1.21. The molecule has 2 aromatic heterocycles. The fraction of sp³-hybridized carbons (Fsp3) is 0.381. The molecule has 162 valence electrons. The zero-order valence-electron chi connectivity index (χ0n) is 17.2. The highest BCUT2D eigenvalue weighted by Gasteiger charge is 2.18. The Hall–Kier alpha value is -3.53. The monoisotopic (exact) mass is 423 g/mol. The minimum atomic E-state index is -0.337. The first-order valence-electron chi connectivity index (χ1n) is 10.3. The predicted octanol–water partition coefficient (Wildman–Crippen LogP) is -0.192. The number of carbonyl (C=O) groups is 1. The summed E-state index contributed by atoms with van der Waals surface area (Å²) < 4.78 is 1.20. The van der Waals surface area contributed by atoms with Gasteiger partial charge in [-0.15, -0.1) is 0 Å². The summed E-state index contributed by atoms with van der Waals surface area (Å²) in [5.41, 5.74) is -0.640. The third kappa shape index (κ3) is 4.97. The summed E-state index contributed by atoms with van der Waals surface area (Å²) in [6, 6.07) is 8.46. The van der Waals surface area contributed by atoms with Gasteiger partial charge >= 0.3 is 0 Å². The van der Waals surface area contributed by atoms with Crippen LogP contribution in [0.1, 0.15) is 6.42 Å². The van der Waals surface area contributed by atoms with E-state index >= 15 is 0 Å². The molecule has 1 aliphatic rings. The van der Waals surface area contributed by atoms with Crippen LogP contribution in [-0.4, -0.2) is 69.8 Å². The van der Waals surface area contributed by atoms with Crippen LogP contribution in [0.3, 0.4) is 0 Å². The van der Waals surface area contributed by atoms with Gasteiger partial charge in [0, 0.05) is 58.1 Å². The lowest BCUT2D eigenvalue weighted by atomic mass is 10.2. The van der Waals surface area contributed by atoms with Crippen molar-refractivity contribution in [1.82, 2.24) is 30.0 Å². The van der Waals surface area contributed by atoms with Crippen molar-refractivity contribution >= 4 is 22.6 Å². The van der Waals surface area contributed by atoms with Crippen molar-refractivity contribution in [3.63, 3.8) is 0 Å². The lowest BCUT2D eigenvalue weighted by Crippen LogP contribution is -2.49. The van der Waals surface area contributed by atoms with Crippen molar-refractivity contribution in [2.75, 3.05) is 44.2 Å². The second kappa shape index (κ2) is 9.52. The van der Waals surface area contributed by atoms with Crippen LogP contribution in [0.2, 0.25) is 0 Å². The van der Waals surface area contributed by atoms with Crippen LogP contribution >= 0.6 is 0 Å². The summed E-state index contributed by atoms with van der Waals surface area (Å²) in [5, 5.41) is 6.14. The number of rotatable bonds is 7. The highest BCUT2D eigenvalue weighted by molar-refractivity contribution is 5.80. The summed E-state index contributed by atoms with van der Waals surface area (Å²) in [5.74, 6) is 0.592. The Morgan fingerprint density at radius 3 is 2.42 bits per heavy atom. The molecule has 1 fully saturated rings. The molecule has 0 unspecified atom stereocenters. The lowest BCUT2D eigenvalue weighted by Gasteiger charge is -2.34. The van der Waals surface area contributed by atoms with Gasteiger partial charge in [-0.2, -0.15) is 0 Å². The van der Waals surface area contributed by atoms with E-state index < -0.39 is 0 Å². The maximum absolute atomic E-state index is 12.5. The third-order valence-electron chi connectivity index (χ3n) is 5.40. The number of amides is 1. The summed E-state index contributed by atoms with van der Waals surface area (Å²) in [6.45, 7) is 4.85. The Labute approximate surface area is 178 Å². The number of nitrogens with one attached hydrogen (secondary N) is 2. The van der Waals surface area contributed by atoms with Crippen LogP contribution in [0.5, 0.6) is 0 Å². The smallest absolute Gasteiger partial charge is 0.273 e. The fourth-order valence-electron chi connectivity index (χ4n) is 3.69. The van der Waals surface area contributed by atoms with Crippen LogP contribution in [0.4, 0.5) is 5.95 Å². The number of piperazine rings is 1. The summed E-state index contributed by atoms with van der Waals surface area (Å²) >= 11 is 0. The van der Waals surface area contributed by atoms with E-state index in [0.29, 0.717) is 17.3 Å². The quantitative estimate of drug-likeness (QED) is 0.541. The first-order chi connectivity index (χ1) is 15.1. The van der Waals surface area contributed by atoms with Crippen LogP contribution in [0.25, 0.3) is 10.8 Å². The number of aromatic nitrogens is 4. The van der Waals surface area contributed by atoms with Gasteiger partial charge in [0.25, 0.3) is 11.1 Å². The molecule has 0 bridgehead atoms. The number of nitrogens with zero attached hydrogens (tertiary/aromatic N) is 5. The van der Waals surface area contributed by atoms with Crippen molar-refractivity contribution in [3.8, 4) is 0 Å². The molecular formula is C21H25N7O3. The number of aromatic amines is 1. The SMILES string of the molecule is O=C(CCn1[nH]c(=O)c2ccccc2c1=O)NCCN1CCN(c2ncccn2)CC1. The highest BCUT2D eigenvalue weighted by Crippen LogP contribution is 2.09. The maximum Gasteiger partial charge on any atom is 0.273 e. The van der Waals surface area contributed by atoms with Crippen molar-refractivity contribution in [1.29, 1.82) is 0 Å². The third-order valence-corrected chi connectivity index (χ3v) is 5.40. The molecule has 2 N–H and O–H groups in total. The molecule has 3 aromatic rings. The van der Waals surface area contributed by atoms with Gasteiger partial charge in [-0.3, -0.25) is 24.4 Å². The first-order valence-corrected chi connectivity index (χ1v) is 10.3. The van der Waals surface area contributed by atoms with Gasteiger partial charge in [-0.25, -0.2) is 14.6 Å². The van der Waals surface area contributed by atoms with E-state index in [0.717, 1.165) is 38.7 Å². The Bertz CT molecular complexity index is 1150. The average Bonchev–Trinajstić information content (AvgIpc) is 2.81. The van der Waals surface area contributed by atoms with E-state index in [1.54, 1.807) is 42.7 Å². The van der Waals surface area contributed by atoms with Crippen LogP contribution < -0.4 is 21.3 Å². The number of anilines is 1. The van der Waals surface area contributed by atoms with Gasteiger partial charge in [0.2, 0.25) is 11.9 Å². The number of fused-ring (bicyclic) bond motifs is 1. The fourth-order valence-corrected chi connectivity index (χ4v) is 3.69. The number of benzene rings is 1. The maximum atomic E-state index is 12.5. The van der Waals surface area contributed by atoms with E-state index in [1.165, 1.54) is 4.68 Å². The van der Waals surface area contributed by atoms with E-state index in [4.69, 9.17) is 0 Å². The Morgan fingerprint density at radius 2 is 1.68 bits per heavy atom. The molecule has 1 aliphatic heterocycles. The normalized spacial score (nSPS) is 14.6. The molecule has 0 spiro atoms. The van der Waals surface area contributed by atoms with Crippen molar-refractivity contribution in [3.05, 3.63) is 63.4 Å². The lowest BCUT2D eigenvalue weighted by molar-refractivity contribution is -0.121. The number of hydrogen-bond donors (Lipinski definition) is 2. The second-order valence-corrected chi connectivity index (χ2v) is 7.42. The van der Waals surface area contributed by atoms with Gasteiger partial charge in [0.05, 0.1) is 17.3 Å².